The number of carbonyl (C=O) groups is 1. The van der Waals surface area contributed by atoms with Gasteiger partial charge in [-0.3, -0.25) is 0 Å². The number of ether oxygens (including phenoxy) is 1. The van der Waals surface area contributed by atoms with Gasteiger partial charge < -0.3 is 20.5 Å². The molecule has 1 aromatic carbocycles. The fourth-order valence-corrected chi connectivity index (χ4v) is 1.52. The lowest BCUT2D eigenvalue weighted by Crippen LogP contribution is -2.36. The van der Waals surface area contributed by atoms with E-state index in [1.54, 1.807) is 13.8 Å². The van der Waals surface area contributed by atoms with Crippen molar-refractivity contribution in [1.82, 2.24) is 5.32 Å². The zero-order valence-electron chi connectivity index (χ0n) is 11.1. The van der Waals surface area contributed by atoms with Crippen LogP contribution in [0.2, 0.25) is 0 Å². The summed E-state index contributed by atoms with van der Waals surface area (Å²) in [5.74, 6) is -0.143. The first kappa shape index (κ1) is 15.2. The summed E-state index contributed by atoms with van der Waals surface area (Å²) in [4.78, 5) is 11.7. The largest absolute Gasteiger partial charge is 0.492 e. The molecule has 0 saturated heterocycles. The number of aliphatic hydroxyl groups is 1. The van der Waals surface area contributed by atoms with E-state index >= 15 is 0 Å². The summed E-state index contributed by atoms with van der Waals surface area (Å²) in [7, 11) is 0. The molecule has 0 fully saturated rings. The Morgan fingerprint density at radius 2 is 2.26 bits per heavy atom. The molecule has 0 heterocycles. The van der Waals surface area contributed by atoms with E-state index in [9.17, 15) is 9.18 Å². The molecule has 1 atom stereocenters. The summed E-state index contributed by atoms with van der Waals surface area (Å²) in [5, 5.41) is 14.0. The number of urea groups is 1. The van der Waals surface area contributed by atoms with Gasteiger partial charge in [-0.2, -0.15) is 0 Å². The molecular formula is C13H19FN2O3. The highest BCUT2D eigenvalue weighted by Gasteiger charge is 2.11. The van der Waals surface area contributed by atoms with Crippen molar-refractivity contribution in [2.45, 2.75) is 26.3 Å². The maximum Gasteiger partial charge on any atom is 0.319 e. The monoisotopic (exact) mass is 270 g/mol. The van der Waals surface area contributed by atoms with Gasteiger partial charge in [-0.05, 0) is 32.4 Å². The molecule has 1 rings (SSSR count). The predicted molar refractivity (Wildman–Crippen MR) is 70.9 cm³/mol. The Morgan fingerprint density at radius 1 is 1.53 bits per heavy atom. The summed E-state index contributed by atoms with van der Waals surface area (Å²) in [5.41, 5.74) is 0.400. The summed E-state index contributed by atoms with van der Waals surface area (Å²) < 4.78 is 18.3. The normalized spacial score (nSPS) is 11.8. The van der Waals surface area contributed by atoms with E-state index in [2.05, 4.69) is 10.6 Å². The van der Waals surface area contributed by atoms with Crippen LogP contribution >= 0.6 is 0 Å². The molecule has 2 amide bonds. The number of halogens is 1. The Balaban J connectivity index is 2.67. The molecule has 0 aliphatic carbocycles. The van der Waals surface area contributed by atoms with Gasteiger partial charge in [0.15, 0.2) is 0 Å². The first-order chi connectivity index (χ1) is 9.06. The molecular weight excluding hydrogens is 251 g/mol. The smallest absolute Gasteiger partial charge is 0.319 e. The first-order valence-electron chi connectivity index (χ1n) is 6.17. The van der Waals surface area contributed by atoms with Gasteiger partial charge in [0.05, 0.1) is 12.3 Å². The number of nitrogens with one attached hydrogen (secondary N) is 2. The van der Waals surface area contributed by atoms with E-state index in [0.29, 0.717) is 18.7 Å². The summed E-state index contributed by atoms with van der Waals surface area (Å²) in [6, 6.07) is 3.33. The van der Waals surface area contributed by atoms with Crippen LogP contribution < -0.4 is 15.4 Å². The van der Waals surface area contributed by atoms with Crippen LogP contribution in [0.3, 0.4) is 0 Å². The van der Waals surface area contributed by atoms with Crippen LogP contribution in [0.25, 0.3) is 0 Å². The van der Waals surface area contributed by atoms with E-state index in [0.717, 1.165) is 0 Å². The minimum atomic E-state index is -0.428. The molecule has 0 aromatic heterocycles. The number of benzene rings is 1. The van der Waals surface area contributed by atoms with Crippen LogP contribution in [0.5, 0.6) is 5.75 Å². The topological polar surface area (TPSA) is 70.6 Å². The fourth-order valence-electron chi connectivity index (χ4n) is 1.52. The average molecular weight is 270 g/mol. The molecule has 0 saturated carbocycles. The second-order valence-electron chi connectivity index (χ2n) is 4.09. The highest BCUT2D eigenvalue weighted by molar-refractivity contribution is 5.91. The second kappa shape index (κ2) is 7.58. The molecule has 0 unspecified atom stereocenters. The number of rotatable bonds is 6. The molecule has 0 radical (unpaired) electrons. The maximum atomic E-state index is 13.1. The molecule has 0 aliphatic rings. The zero-order valence-corrected chi connectivity index (χ0v) is 11.1. The number of anilines is 1. The van der Waals surface area contributed by atoms with Crippen molar-refractivity contribution >= 4 is 11.7 Å². The summed E-state index contributed by atoms with van der Waals surface area (Å²) in [6.45, 7) is 3.94. The van der Waals surface area contributed by atoms with Gasteiger partial charge in [-0.15, -0.1) is 0 Å². The van der Waals surface area contributed by atoms with Crippen LogP contribution in [0.4, 0.5) is 14.9 Å². The average Bonchev–Trinajstić information content (AvgIpc) is 2.33. The number of hydrogen-bond donors (Lipinski definition) is 3. The van der Waals surface area contributed by atoms with Gasteiger partial charge in [0, 0.05) is 18.7 Å². The van der Waals surface area contributed by atoms with E-state index < -0.39 is 11.8 Å². The van der Waals surface area contributed by atoms with Crippen LogP contribution in [0, 0.1) is 5.82 Å². The van der Waals surface area contributed by atoms with Crippen molar-refractivity contribution in [3.05, 3.63) is 24.0 Å². The van der Waals surface area contributed by atoms with Crippen LogP contribution in [-0.2, 0) is 0 Å². The van der Waals surface area contributed by atoms with Crippen LogP contribution in [-0.4, -0.2) is 30.4 Å². The van der Waals surface area contributed by atoms with Gasteiger partial charge in [0.25, 0.3) is 0 Å². The fraction of sp³-hybridized carbons (Fsp3) is 0.462. The quantitative estimate of drug-likeness (QED) is 0.741. The summed E-state index contributed by atoms with van der Waals surface area (Å²) >= 11 is 0. The lowest BCUT2D eigenvalue weighted by atomic mass is 10.2. The van der Waals surface area contributed by atoms with Crippen LogP contribution in [0.1, 0.15) is 20.3 Å². The van der Waals surface area contributed by atoms with Crippen molar-refractivity contribution in [2.24, 2.45) is 0 Å². The standard InChI is InChI=1S/C13H19FN2O3/c1-3-19-12-8-10(14)4-5-11(12)16-13(18)15-9(2)6-7-17/h4-5,8-9,17H,3,6-7H2,1-2H3,(H2,15,16,18)/t9-/m1/s1. The van der Waals surface area contributed by atoms with Crippen molar-refractivity contribution in [2.75, 3.05) is 18.5 Å². The second-order valence-corrected chi connectivity index (χ2v) is 4.09. The Hall–Kier alpha value is -1.82. The van der Waals surface area contributed by atoms with Gasteiger partial charge >= 0.3 is 6.03 Å². The van der Waals surface area contributed by atoms with Crippen LogP contribution in [0.15, 0.2) is 18.2 Å². The zero-order chi connectivity index (χ0) is 14.3. The maximum absolute atomic E-state index is 13.1. The highest BCUT2D eigenvalue weighted by Crippen LogP contribution is 2.25. The first-order valence-corrected chi connectivity index (χ1v) is 6.17. The lowest BCUT2D eigenvalue weighted by molar-refractivity contribution is 0.241. The van der Waals surface area contributed by atoms with Crippen molar-refractivity contribution < 1.29 is 19.0 Å². The molecule has 0 spiro atoms. The Bertz CT molecular complexity index is 426. The predicted octanol–water partition coefficient (Wildman–Crippen LogP) is 2.12. The molecule has 106 valence electrons. The van der Waals surface area contributed by atoms with Crippen molar-refractivity contribution in [3.63, 3.8) is 0 Å². The third-order valence-electron chi connectivity index (χ3n) is 2.43. The van der Waals surface area contributed by atoms with E-state index in [4.69, 9.17) is 9.84 Å². The minimum absolute atomic E-state index is 0.00217. The van der Waals surface area contributed by atoms with Gasteiger partial charge in [0.1, 0.15) is 11.6 Å². The molecule has 5 nitrogen and oxygen atoms in total. The molecule has 3 N–H and O–H groups in total. The van der Waals surface area contributed by atoms with Gasteiger partial charge in [-0.1, -0.05) is 0 Å². The van der Waals surface area contributed by atoms with E-state index in [1.807, 2.05) is 0 Å². The molecule has 1 aromatic rings. The van der Waals surface area contributed by atoms with E-state index in [-0.39, 0.29) is 18.4 Å². The minimum Gasteiger partial charge on any atom is -0.492 e. The number of hydrogen-bond acceptors (Lipinski definition) is 3. The highest BCUT2D eigenvalue weighted by atomic mass is 19.1. The Kier molecular flexibility index (Phi) is 6.08. The van der Waals surface area contributed by atoms with Crippen molar-refractivity contribution in [3.8, 4) is 5.75 Å². The molecule has 0 bridgehead atoms. The lowest BCUT2D eigenvalue weighted by Gasteiger charge is -2.15. The third kappa shape index (κ3) is 5.13. The van der Waals surface area contributed by atoms with Gasteiger partial charge in [-0.25, -0.2) is 9.18 Å². The third-order valence-corrected chi connectivity index (χ3v) is 2.43. The summed E-state index contributed by atoms with van der Waals surface area (Å²) in [6.07, 6.45) is 0.467. The Morgan fingerprint density at radius 3 is 2.89 bits per heavy atom. The van der Waals surface area contributed by atoms with Gasteiger partial charge in [0.2, 0.25) is 0 Å². The van der Waals surface area contributed by atoms with E-state index in [1.165, 1.54) is 18.2 Å². The SMILES string of the molecule is CCOc1cc(F)ccc1NC(=O)N[C@H](C)CCO. The molecule has 19 heavy (non-hydrogen) atoms. The number of aliphatic hydroxyl groups excluding tert-OH is 1. The number of amides is 2. The Labute approximate surface area is 111 Å². The number of carbonyl (C=O) groups excluding carboxylic acids is 1. The molecule has 0 aliphatic heterocycles. The molecule has 6 heteroatoms. The van der Waals surface area contributed by atoms with Crippen molar-refractivity contribution in [1.29, 1.82) is 0 Å².